The maximum atomic E-state index is 2.55. The van der Waals surface area contributed by atoms with Gasteiger partial charge in [0, 0.05) is 6.42 Å². The number of hydrogen-bond acceptors (Lipinski definition) is 0. The van der Waals surface area contributed by atoms with Crippen molar-refractivity contribution in [3.63, 3.8) is 0 Å². The van der Waals surface area contributed by atoms with Gasteiger partial charge in [0.2, 0.25) is 0 Å². The summed E-state index contributed by atoms with van der Waals surface area (Å²) < 4.78 is 0. The van der Waals surface area contributed by atoms with Crippen molar-refractivity contribution < 1.29 is 4.90 Å². The standard InChI is InChI=1S/C29H61N/c1-8-11-13-15-17-19-21-23-25-30(29(6,7)27-28(4,5)10-3)26-24-22-20-18-16-14-12-9-2/h8-27H2,1-7H3/p+1. The maximum Gasteiger partial charge on any atom is 0.0925 e. The molecule has 1 nitrogen and oxygen atoms in total. The van der Waals surface area contributed by atoms with Gasteiger partial charge in [-0.3, -0.25) is 0 Å². The lowest BCUT2D eigenvalue weighted by Crippen LogP contribution is -3.19. The number of unbranched alkanes of at least 4 members (excludes halogenated alkanes) is 14. The first-order chi connectivity index (χ1) is 14.3. The average Bonchev–Trinajstić information content (AvgIpc) is 2.69. The molecule has 0 unspecified atom stereocenters. The van der Waals surface area contributed by atoms with Crippen LogP contribution in [0.3, 0.4) is 0 Å². The first kappa shape index (κ1) is 30.0. The highest BCUT2D eigenvalue weighted by atomic mass is 15.2. The van der Waals surface area contributed by atoms with E-state index < -0.39 is 0 Å². The SMILES string of the molecule is CCCCCCCCCC[NH+](CCCCCCCCCC)C(C)(C)CC(C)(C)CC. The minimum absolute atomic E-state index is 0.405. The molecule has 0 aliphatic heterocycles. The number of rotatable bonds is 22. The highest BCUT2D eigenvalue weighted by molar-refractivity contribution is 4.78. The molecule has 0 heterocycles. The molecule has 0 aromatic heterocycles. The second-order valence-electron chi connectivity index (χ2n) is 11.6. The topological polar surface area (TPSA) is 4.44 Å². The molecule has 30 heavy (non-hydrogen) atoms. The molecule has 0 fully saturated rings. The van der Waals surface area contributed by atoms with Crippen molar-refractivity contribution in [2.45, 2.75) is 170 Å². The van der Waals surface area contributed by atoms with E-state index in [1.54, 1.807) is 0 Å². The Morgan fingerprint density at radius 3 is 1.13 bits per heavy atom. The molecule has 0 saturated carbocycles. The Morgan fingerprint density at radius 1 is 0.467 bits per heavy atom. The van der Waals surface area contributed by atoms with Crippen LogP contribution in [0.2, 0.25) is 0 Å². The summed E-state index contributed by atoms with van der Waals surface area (Å²) in [6.45, 7) is 19.8. The van der Waals surface area contributed by atoms with Crippen molar-refractivity contribution in [1.29, 1.82) is 0 Å². The summed E-state index contributed by atoms with van der Waals surface area (Å²) in [5.41, 5.74) is 0.870. The van der Waals surface area contributed by atoms with Crippen LogP contribution in [0, 0.1) is 5.41 Å². The van der Waals surface area contributed by atoms with Crippen molar-refractivity contribution in [3.05, 3.63) is 0 Å². The first-order valence-electron chi connectivity index (χ1n) is 14.1. The van der Waals surface area contributed by atoms with Crippen LogP contribution in [0.5, 0.6) is 0 Å². The fourth-order valence-electron chi connectivity index (χ4n) is 5.19. The van der Waals surface area contributed by atoms with E-state index in [1.165, 1.54) is 129 Å². The van der Waals surface area contributed by atoms with Crippen LogP contribution in [0.1, 0.15) is 164 Å². The molecule has 0 aliphatic carbocycles. The van der Waals surface area contributed by atoms with E-state index in [4.69, 9.17) is 0 Å². The Morgan fingerprint density at radius 2 is 0.800 bits per heavy atom. The smallest absolute Gasteiger partial charge is 0.0925 e. The van der Waals surface area contributed by atoms with Crippen LogP contribution in [0.25, 0.3) is 0 Å². The normalized spacial score (nSPS) is 12.8. The third-order valence-corrected chi connectivity index (χ3v) is 7.50. The van der Waals surface area contributed by atoms with E-state index in [2.05, 4.69) is 48.5 Å². The quantitative estimate of drug-likeness (QED) is 0.166. The molecule has 0 aromatic rings. The summed E-state index contributed by atoms with van der Waals surface area (Å²) in [5.74, 6) is 0. The molecule has 0 aliphatic rings. The Labute approximate surface area is 193 Å². The molecular weight excluding hydrogens is 362 g/mol. The average molecular weight is 425 g/mol. The van der Waals surface area contributed by atoms with Gasteiger partial charge in [0.1, 0.15) is 0 Å². The van der Waals surface area contributed by atoms with Crippen LogP contribution < -0.4 is 4.90 Å². The monoisotopic (exact) mass is 424 g/mol. The lowest BCUT2D eigenvalue weighted by Gasteiger charge is -2.40. The van der Waals surface area contributed by atoms with Gasteiger partial charge in [0.25, 0.3) is 0 Å². The number of nitrogens with one attached hydrogen (secondary N) is 1. The maximum absolute atomic E-state index is 2.55. The molecule has 0 spiro atoms. The Kier molecular flexibility index (Phi) is 18.5. The van der Waals surface area contributed by atoms with Crippen LogP contribution in [-0.4, -0.2) is 18.6 Å². The minimum atomic E-state index is 0.405. The summed E-state index contributed by atoms with van der Waals surface area (Å²) in [5, 5.41) is 0. The third-order valence-electron chi connectivity index (χ3n) is 7.50. The van der Waals surface area contributed by atoms with E-state index in [9.17, 15) is 0 Å². The van der Waals surface area contributed by atoms with E-state index in [0.29, 0.717) is 11.0 Å². The Hall–Kier alpha value is -0.0400. The van der Waals surface area contributed by atoms with Gasteiger partial charge in [-0.05, 0) is 44.9 Å². The lowest BCUT2D eigenvalue weighted by molar-refractivity contribution is -0.950. The van der Waals surface area contributed by atoms with E-state index in [0.717, 1.165) is 0 Å². The zero-order valence-corrected chi connectivity index (χ0v) is 22.6. The van der Waals surface area contributed by atoms with Crippen LogP contribution in [0.15, 0.2) is 0 Å². The van der Waals surface area contributed by atoms with Crippen molar-refractivity contribution in [1.82, 2.24) is 0 Å². The molecule has 0 radical (unpaired) electrons. The van der Waals surface area contributed by atoms with Crippen LogP contribution >= 0.6 is 0 Å². The van der Waals surface area contributed by atoms with Gasteiger partial charge in [0.15, 0.2) is 0 Å². The van der Waals surface area contributed by atoms with Gasteiger partial charge < -0.3 is 4.90 Å². The zero-order valence-electron chi connectivity index (χ0n) is 22.6. The molecular formula is C29H62N+. The summed E-state index contributed by atoms with van der Waals surface area (Å²) in [6, 6.07) is 0. The van der Waals surface area contributed by atoms with Crippen LogP contribution in [-0.2, 0) is 0 Å². The molecule has 0 aromatic carbocycles. The summed E-state index contributed by atoms with van der Waals surface area (Å²) >= 11 is 0. The fraction of sp³-hybridized carbons (Fsp3) is 1.00. The molecule has 1 N–H and O–H groups in total. The predicted octanol–water partition coefficient (Wildman–Crippen LogP) is 8.76. The van der Waals surface area contributed by atoms with E-state index in [1.807, 2.05) is 4.90 Å². The van der Waals surface area contributed by atoms with Gasteiger partial charge in [0.05, 0.1) is 18.6 Å². The van der Waals surface area contributed by atoms with Crippen molar-refractivity contribution >= 4 is 0 Å². The Balaban J connectivity index is 4.34. The fourth-order valence-corrected chi connectivity index (χ4v) is 5.19. The minimum Gasteiger partial charge on any atom is -0.331 e. The van der Waals surface area contributed by atoms with Gasteiger partial charge >= 0.3 is 0 Å². The summed E-state index contributed by atoms with van der Waals surface area (Å²) in [6.07, 6.45) is 25.6. The zero-order chi connectivity index (χ0) is 22.7. The largest absolute Gasteiger partial charge is 0.331 e. The number of hydrogen-bond donors (Lipinski definition) is 1. The van der Waals surface area contributed by atoms with E-state index >= 15 is 0 Å². The molecule has 0 saturated heterocycles. The lowest BCUT2D eigenvalue weighted by atomic mass is 9.77. The highest BCUT2D eigenvalue weighted by Crippen LogP contribution is 2.29. The predicted molar refractivity (Wildman–Crippen MR) is 139 cm³/mol. The van der Waals surface area contributed by atoms with Crippen LogP contribution in [0.4, 0.5) is 0 Å². The first-order valence-corrected chi connectivity index (χ1v) is 14.1. The summed E-state index contributed by atoms with van der Waals surface area (Å²) in [7, 11) is 0. The second kappa shape index (κ2) is 18.5. The molecule has 0 bridgehead atoms. The van der Waals surface area contributed by atoms with Gasteiger partial charge in [-0.25, -0.2) is 0 Å². The third kappa shape index (κ3) is 16.6. The molecule has 0 atom stereocenters. The van der Waals surface area contributed by atoms with Gasteiger partial charge in [-0.2, -0.15) is 0 Å². The second-order valence-corrected chi connectivity index (χ2v) is 11.6. The number of quaternary nitrogens is 1. The summed E-state index contributed by atoms with van der Waals surface area (Å²) in [4.78, 5) is 1.89. The molecule has 1 heteroatoms. The molecule has 0 rings (SSSR count). The highest BCUT2D eigenvalue weighted by Gasteiger charge is 2.35. The van der Waals surface area contributed by atoms with Crippen molar-refractivity contribution in [2.75, 3.05) is 13.1 Å². The van der Waals surface area contributed by atoms with Crippen molar-refractivity contribution in [2.24, 2.45) is 5.41 Å². The molecule has 182 valence electrons. The van der Waals surface area contributed by atoms with Gasteiger partial charge in [-0.15, -0.1) is 0 Å². The molecule has 0 amide bonds. The Bertz CT molecular complexity index is 337. The van der Waals surface area contributed by atoms with Gasteiger partial charge in [-0.1, -0.05) is 118 Å². The van der Waals surface area contributed by atoms with E-state index in [-0.39, 0.29) is 0 Å². The van der Waals surface area contributed by atoms with Crippen molar-refractivity contribution in [3.8, 4) is 0 Å².